The van der Waals surface area contributed by atoms with E-state index >= 15 is 0 Å². The fourth-order valence-electron chi connectivity index (χ4n) is 2.94. The highest BCUT2D eigenvalue weighted by Crippen LogP contribution is 2.28. The highest BCUT2D eigenvalue weighted by Gasteiger charge is 2.46. The van der Waals surface area contributed by atoms with Gasteiger partial charge in [-0.1, -0.05) is 60.7 Å². The molecule has 1 aliphatic rings. The molecule has 1 fully saturated rings. The van der Waals surface area contributed by atoms with Crippen LogP contribution in [0.4, 0.5) is 0 Å². The standard InChI is InChI=1S/C20H24O5/c1-22-20-19(24-14-16-10-6-3-7-11-16)18(17(12-21)25-20)23-13-15-8-4-2-5-9-15/h2-11,17-21H,12-14H2,1H3/t17-,18-,19-,20?/m1/s1/i12+1. The maximum Gasteiger partial charge on any atom is 0.186 e. The summed E-state index contributed by atoms with van der Waals surface area (Å²) in [6.45, 7) is 0.704. The highest BCUT2D eigenvalue weighted by atomic mass is 16.7. The van der Waals surface area contributed by atoms with Crippen LogP contribution in [0, 0.1) is 0 Å². The van der Waals surface area contributed by atoms with Crippen molar-refractivity contribution >= 4 is 0 Å². The Morgan fingerprint density at radius 3 is 1.84 bits per heavy atom. The van der Waals surface area contributed by atoms with Crippen molar-refractivity contribution in [2.24, 2.45) is 0 Å². The van der Waals surface area contributed by atoms with E-state index in [0.29, 0.717) is 13.2 Å². The van der Waals surface area contributed by atoms with Gasteiger partial charge in [-0.2, -0.15) is 0 Å². The number of rotatable bonds is 8. The molecule has 1 aliphatic heterocycles. The Morgan fingerprint density at radius 2 is 1.36 bits per heavy atom. The lowest BCUT2D eigenvalue weighted by molar-refractivity contribution is -0.169. The number of hydrogen-bond acceptors (Lipinski definition) is 5. The average Bonchev–Trinajstić information content (AvgIpc) is 3.03. The fourth-order valence-corrected chi connectivity index (χ4v) is 2.94. The Balaban J connectivity index is 1.66. The van der Waals surface area contributed by atoms with E-state index in [2.05, 4.69) is 0 Å². The summed E-state index contributed by atoms with van der Waals surface area (Å²) in [5.74, 6) is 0. The SMILES string of the molecule is COC1O[C@H]([13CH2]O)[C@@H](OCc2ccccc2)[C@H]1OCc1ccccc1. The molecule has 2 aromatic carbocycles. The second-order valence-electron chi connectivity index (χ2n) is 5.98. The molecule has 0 spiro atoms. The first-order chi connectivity index (χ1) is 12.3. The largest absolute Gasteiger partial charge is 0.394 e. The van der Waals surface area contributed by atoms with Crippen LogP contribution in [0.5, 0.6) is 0 Å². The van der Waals surface area contributed by atoms with Crippen molar-refractivity contribution in [2.45, 2.75) is 37.8 Å². The van der Waals surface area contributed by atoms with Gasteiger partial charge in [0.2, 0.25) is 0 Å². The number of aliphatic hydroxyl groups is 1. The lowest BCUT2D eigenvalue weighted by Crippen LogP contribution is -2.39. The zero-order valence-corrected chi connectivity index (χ0v) is 14.3. The molecule has 1 unspecified atom stereocenters. The van der Waals surface area contributed by atoms with Gasteiger partial charge in [-0.25, -0.2) is 0 Å². The number of hydrogen-bond donors (Lipinski definition) is 1. The summed E-state index contributed by atoms with van der Waals surface area (Å²) < 4.78 is 23.2. The van der Waals surface area contributed by atoms with E-state index in [1.165, 1.54) is 0 Å². The van der Waals surface area contributed by atoms with Gasteiger partial charge in [0.05, 0.1) is 19.8 Å². The van der Waals surface area contributed by atoms with Crippen molar-refractivity contribution in [2.75, 3.05) is 13.7 Å². The average molecular weight is 345 g/mol. The van der Waals surface area contributed by atoms with Gasteiger partial charge in [-0.15, -0.1) is 0 Å². The summed E-state index contributed by atoms with van der Waals surface area (Å²) in [5, 5.41) is 9.63. The van der Waals surface area contributed by atoms with Crippen LogP contribution in [0.3, 0.4) is 0 Å². The Bertz CT molecular complexity index is 563. The van der Waals surface area contributed by atoms with E-state index in [9.17, 15) is 5.11 Å². The van der Waals surface area contributed by atoms with Crippen LogP contribution < -0.4 is 0 Å². The van der Waals surface area contributed by atoms with E-state index in [-0.39, 0.29) is 6.61 Å². The van der Waals surface area contributed by atoms with Gasteiger partial charge in [-0.3, -0.25) is 0 Å². The molecule has 1 saturated heterocycles. The third kappa shape index (κ3) is 4.66. The minimum atomic E-state index is -0.568. The van der Waals surface area contributed by atoms with Crippen molar-refractivity contribution in [1.29, 1.82) is 0 Å². The Hall–Kier alpha value is -1.76. The van der Waals surface area contributed by atoms with Gasteiger partial charge in [0.15, 0.2) is 6.29 Å². The van der Waals surface area contributed by atoms with Crippen molar-refractivity contribution < 1.29 is 24.1 Å². The molecule has 0 amide bonds. The number of methoxy groups -OCH3 is 1. The summed E-state index contributed by atoms with van der Waals surface area (Å²) in [4.78, 5) is 0. The molecule has 3 rings (SSSR count). The first kappa shape index (κ1) is 18.0. The van der Waals surface area contributed by atoms with Gasteiger partial charge in [0.25, 0.3) is 0 Å². The van der Waals surface area contributed by atoms with Crippen molar-refractivity contribution in [3.63, 3.8) is 0 Å². The number of ether oxygens (including phenoxy) is 4. The lowest BCUT2D eigenvalue weighted by Gasteiger charge is -2.24. The second-order valence-corrected chi connectivity index (χ2v) is 5.98. The van der Waals surface area contributed by atoms with E-state index in [1.54, 1.807) is 7.11 Å². The summed E-state index contributed by atoms with van der Waals surface area (Å²) in [7, 11) is 1.57. The predicted octanol–water partition coefficient (Wildman–Crippen LogP) is 2.52. The van der Waals surface area contributed by atoms with Crippen LogP contribution in [0.2, 0.25) is 0 Å². The maximum absolute atomic E-state index is 9.63. The molecule has 5 heteroatoms. The van der Waals surface area contributed by atoms with Gasteiger partial charge >= 0.3 is 0 Å². The number of benzene rings is 2. The van der Waals surface area contributed by atoms with Gasteiger partial charge in [0, 0.05) is 7.11 Å². The molecule has 0 aliphatic carbocycles. The third-order valence-electron chi connectivity index (χ3n) is 4.25. The monoisotopic (exact) mass is 345 g/mol. The van der Waals surface area contributed by atoms with Crippen molar-refractivity contribution in [3.8, 4) is 0 Å². The van der Waals surface area contributed by atoms with Crippen LogP contribution in [-0.2, 0) is 32.2 Å². The van der Waals surface area contributed by atoms with Crippen molar-refractivity contribution in [1.82, 2.24) is 0 Å². The van der Waals surface area contributed by atoms with E-state index in [0.717, 1.165) is 11.1 Å². The summed E-state index contributed by atoms with van der Waals surface area (Å²) in [5.41, 5.74) is 2.12. The van der Waals surface area contributed by atoms with Gasteiger partial charge < -0.3 is 24.1 Å². The van der Waals surface area contributed by atoms with Crippen LogP contribution in [0.1, 0.15) is 11.1 Å². The molecule has 0 aromatic heterocycles. The Labute approximate surface area is 148 Å². The van der Waals surface area contributed by atoms with Gasteiger partial charge in [-0.05, 0) is 11.1 Å². The zero-order valence-electron chi connectivity index (χ0n) is 14.3. The summed E-state index contributed by atoms with van der Waals surface area (Å²) >= 11 is 0. The highest BCUT2D eigenvalue weighted by molar-refractivity contribution is 5.14. The molecule has 0 saturated carbocycles. The van der Waals surface area contributed by atoms with Crippen LogP contribution in [0.15, 0.2) is 60.7 Å². The maximum atomic E-state index is 9.63. The molecular formula is C20H24O5. The van der Waals surface area contributed by atoms with E-state index < -0.39 is 24.6 Å². The van der Waals surface area contributed by atoms with Crippen LogP contribution in [-0.4, -0.2) is 43.4 Å². The summed E-state index contributed by atoms with van der Waals surface area (Å²) in [6.07, 6.45) is -1.86. The molecule has 0 radical (unpaired) electrons. The third-order valence-corrected chi connectivity index (χ3v) is 4.25. The molecule has 25 heavy (non-hydrogen) atoms. The summed E-state index contributed by atoms with van der Waals surface area (Å²) in [6, 6.07) is 19.8. The normalized spacial score (nSPS) is 26.0. The molecule has 2 aromatic rings. The van der Waals surface area contributed by atoms with Crippen LogP contribution in [0.25, 0.3) is 0 Å². The molecule has 134 valence electrons. The topological polar surface area (TPSA) is 57.2 Å². The van der Waals surface area contributed by atoms with E-state index in [4.69, 9.17) is 18.9 Å². The first-order valence-electron chi connectivity index (χ1n) is 8.42. The number of aliphatic hydroxyl groups excluding tert-OH is 1. The second kappa shape index (κ2) is 9.08. The minimum absolute atomic E-state index is 0.148. The molecule has 1 heterocycles. The van der Waals surface area contributed by atoms with Gasteiger partial charge in [0.1, 0.15) is 18.3 Å². The van der Waals surface area contributed by atoms with Crippen LogP contribution >= 0.6 is 0 Å². The molecule has 5 nitrogen and oxygen atoms in total. The van der Waals surface area contributed by atoms with Crippen molar-refractivity contribution in [3.05, 3.63) is 71.8 Å². The first-order valence-corrected chi connectivity index (χ1v) is 8.42. The minimum Gasteiger partial charge on any atom is -0.394 e. The molecule has 0 bridgehead atoms. The molecule has 1 N–H and O–H groups in total. The molecule has 4 atom stereocenters. The quantitative estimate of drug-likeness (QED) is 0.745. The molecular weight excluding hydrogens is 321 g/mol. The predicted molar refractivity (Wildman–Crippen MR) is 92.8 cm³/mol. The smallest absolute Gasteiger partial charge is 0.186 e. The Morgan fingerprint density at radius 1 is 0.840 bits per heavy atom. The van der Waals surface area contributed by atoms with E-state index in [1.807, 2.05) is 60.7 Å². The zero-order chi connectivity index (χ0) is 17.5. The fraction of sp³-hybridized carbons (Fsp3) is 0.400. The Kier molecular flexibility index (Phi) is 6.55. The lowest BCUT2D eigenvalue weighted by atomic mass is 10.1.